The molecule has 1 aliphatic rings. The molecule has 1 rings (SSSR count). The topological polar surface area (TPSA) is 29.3 Å². The molecule has 1 fully saturated rings. The Morgan fingerprint density at radius 1 is 1.78 bits per heavy atom. The van der Waals surface area contributed by atoms with Gasteiger partial charge in [-0.3, -0.25) is 4.90 Å². The lowest BCUT2D eigenvalue weighted by Crippen LogP contribution is -2.31. The summed E-state index contributed by atoms with van der Waals surface area (Å²) in [5, 5.41) is 0. The Labute approximate surface area is 54.8 Å². The van der Waals surface area contributed by atoms with Gasteiger partial charge in [0.1, 0.15) is 6.17 Å². The summed E-state index contributed by atoms with van der Waals surface area (Å²) in [6.45, 7) is 1.14. The van der Waals surface area contributed by atoms with Gasteiger partial charge in [-0.1, -0.05) is 0 Å². The molecule has 1 aliphatic heterocycles. The molecule has 3 heteroatoms. The first-order chi connectivity index (χ1) is 4.24. The number of halogens is 1. The van der Waals surface area contributed by atoms with Gasteiger partial charge in [0.15, 0.2) is 0 Å². The van der Waals surface area contributed by atoms with Crippen molar-refractivity contribution in [3.8, 4) is 0 Å². The van der Waals surface area contributed by atoms with Crippen LogP contribution in [0.25, 0.3) is 0 Å². The van der Waals surface area contributed by atoms with Crippen molar-refractivity contribution in [1.82, 2.24) is 4.90 Å². The maximum Gasteiger partial charge on any atom is 0.114 e. The Morgan fingerprint density at radius 3 is 2.67 bits per heavy atom. The minimum absolute atomic E-state index is 0.278. The van der Waals surface area contributed by atoms with Gasteiger partial charge in [0.2, 0.25) is 0 Å². The summed E-state index contributed by atoms with van der Waals surface area (Å²) in [6, 6.07) is 0.278. The largest absolute Gasteiger partial charge is 0.329 e. The Kier molecular flexibility index (Phi) is 2.03. The lowest BCUT2D eigenvalue weighted by atomic mass is 10.2. The number of likely N-dealkylation sites (N-methyl/N-ethyl adjacent to an activating group) is 1. The number of nitrogens with zero attached hydrogens (tertiary/aromatic N) is 1. The zero-order valence-corrected chi connectivity index (χ0v) is 5.68. The van der Waals surface area contributed by atoms with Crippen molar-refractivity contribution >= 4 is 0 Å². The number of hydrogen-bond donors (Lipinski definition) is 1. The highest BCUT2D eigenvalue weighted by molar-refractivity contribution is 4.83. The first-order valence-corrected chi connectivity index (χ1v) is 3.28. The van der Waals surface area contributed by atoms with E-state index < -0.39 is 6.17 Å². The molecular formula is C6H13FN2. The molecule has 1 heterocycles. The highest BCUT2D eigenvalue weighted by Crippen LogP contribution is 2.16. The van der Waals surface area contributed by atoms with Crippen LogP contribution in [0.3, 0.4) is 0 Å². The van der Waals surface area contributed by atoms with Crippen LogP contribution in [0.5, 0.6) is 0 Å². The van der Waals surface area contributed by atoms with E-state index >= 15 is 0 Å². The quantitative estimate of drug-likeness (QED) is 0.543. The molecule has 2 unspecified atom stereocenters. The molecule has 0 amide bonds. The second-order valence-corrected chi connectivity index (χ2v) is 2.66. The van der Waals surface area contributed by atoms with E-state index in [1.807, 2.05) is 11.9 Å². The fourth-order valence-corrected chi connectivity index (χ4v) is 1.29. The van der Waals surface area contributed by atoms with Crippen LogP contribution in [0.15, 0.2) is 0 Å². The second-order valence-electron chi connectivity index (χ2n) is 2.66. The smallest absolute Gasteiger partial charge is 0.114 e. The third kappa shape index (κ3) is 1.40. The standard InChI is InChI=1S/C6H13FN2/c1-9-4-5(7)2-6(9)3-8/h5-6H,2-4,8H2,1H3. The van der Waals surface area contributed by atoms with E-state index in [1.54, 1.807) is 0 Å². The molecule has 2 atom stereocenters. The molecule has 0 bridgehead atoms. The van der Waals surface area contributed by atoms with E-state index in [2.05, 4.69) is 0 Å². The van der Waals surface area contributed by atoms with Crippen LogP contribution in [-0.4, -0.2) is 37.3 Å². The van der Waals surface area contributed by atoms with E-state index in [1.165, 1.54) is 0 Å². The van der Waals surface area contributed by atoms with Gasteiger partial charge in [-0.05, 0) is 13.5 Å². The lowest BCUT2D eigenvalue weighted by molar-refractivity contribution is 0.297. The Balaban J connectivity index is 2.38. The predicted octanol–water partition coefficient (Wildman–Crippen LogP) is -0.0127. The molecular weight excluding hydrogens is 119 g/mol. The number of rotatable bonds is 1. The maximum atomic E-state index is 12.5. The molecule has 0 saturated carbocycles. The van der Waals surface area contributed by atoms with Crippen LogP contribution < -0.4 is 5.73 Å². The Morgan fingerprint density at radius 2 is 2.44 bits per heavy atom. The van der Waals surface area contributed by atoms with Crippen LogP contribution in [0.2, 0.25) is 0 Å². The molecule has 2 N–H and O–H groups in total. The van der Waals surface area contributed by atoms with E-state index in [-0.39, 0.29) is 6.04 Å². The third-order valence-corrected chi connectivity index (χ3v) is 1.91. The van der Waals surface area contributed by atoms with Crippen molar-refractivity contribution in [3.05, 3.63) is 0 Å². The minimum atomic E-state index is -0.649. The van der Waals surface area contributed by atoms with Gasteiger partial charge in [-0.15, -0.1) is 0 Å². The van der Waals surface area contributed by atoms with Gasteiger partial charge in [-0.25, -0.2) is 4.39 Å². The summed E-state index contributed by atoms with van der Waals surface area (Å²) in [5.74, 6) is 0. The molecule has 0 aromatic carbocycles. The van der Waals surface area contributed by atoms with Gasteiger partial charge >= 0.3 is 0 Å². The van der Waals surface area contributed by atoms with Crippen molar-refractivity contribution in [2.24, 2.45) is 5.73 Å². The summed E-state index contributed by atoms with van der Waals surface area (Å²) in [5.41, 5.74) is 5.38. The molecule has 0 aliphatic carbocycles. The summed E-state index contributed by atoms with van der Waals surface area (Å²) in [6.07, 6.45) is -0.0314. The monoisotopic (exact) mass is 132 g/mol. The van der Waals surface area contributed by atoms with E-state index in [0.29, 0.717) is 19.5 Å². The number of hydrogen-bond acceptors (Lipinski definition) is 2. The molecule has 0 radical (unpaired) electrons. The molecule has 2 nitrogen and oxygen atoms in total. The summed E-state index contributed by atoms with van der Waals surface area (Å²) in [4.78, 5) is 1.98. The fraction of sp³-hybridized carbons (Fsp3) is 1.00. The van der Waals surface area contributed by atoms with Crippen molar-refractivity contribution in [3.63, 3.8) is 0 Å². The number of nitrogens with two attached hydrogens (primary N) is 1. The molecule has 0 aromatic heterocycles. The van der Waals surface area contributed by atoms with E-state index in [9.17, 15) is 4.39 Å². The van der Waals surface area contributed by atoms with Gasteiger partial charge < -0.3 is 5.73 Å². The molecule has 9 heavy (non-hydrogen) atoms. The second kappa shape index (κ2) is 2.62. The third-order valence-electron chi connectivity index (χ3n) is 1.91. The lowest BCUT2D eigenvalue weighted by Gasteiger charge is -2.15. The highest BCUT2D eigenvalue weighted by atomic mass is 19.1. The normalized spacial score (nSPS) is 37.7. The first-order valence-electron chi connectivity index (χ1n) is 3.28. The van der Waals surface area contributed by atoms with Crippen LogP contribution in [0, 0.1) is 0 Å². The van der Waals surface area contributed by atoms with Gasteiger partial charge in [0.05, 0.1) is 0 Å². The van der Waals surface area contributed by atoms with Crippen LogP contribution in [0.4, 0.5) is 4.39 Å². The summed E-state index contributed by atoms with van der Waals surface area (Å²) < 4.78 is 12.5. The average Bonchev–Trinajstić information content (AvgIpc) is 2.10. The zero-order chi connectivity index (χ0) is 6.85. The molecule has 0 aromatic rings. The van der Waals surface area contributed by atoms with Gasteiger partial charge in [-0.2, -0.15) is 0 Å². The predicted molar refractivity (Wildman–Crippen MR) is 35.0 cm³/mol. The van der Waals surface area contributed by atoms with E-state index in [4.69, 9.17) is 5.73 Å². The zero-order valence-electron chi connectivity index (χ0n) is 5.68. The van der Waals surface area contributed by atoms with Gasteiger partial charge in [0.25, 0.3) is 0 Å². The van der Waals surface area contributed by atoms with E-state index in [0.717, 1.165) is 0 Å². The first kappa shape index (κ1) is 6.96. The SMILES string of the molecule is CN1CC(F)CC1CN. The van der Waals surface area contributed by atoms with Crippen LogP contribution >= 0.6 is 0 Å². The molecule has 1 saturated heterocycles. The highest BCUT2D eigenvalue weighted by Gasteiger charge is 2.27. The fourth-order valence-electron chi connectivity index (χ4n) is 1.29. The van der Waals surface area contributed by atoms with Crippen LogP contribution in [0.1, 0.15) is 6.42 Å². The summed E-state index contributed by atoms with van der Waals surface area (Å²) >= 11 is 0. The average molecular weight is 132 g/mol. The molecule has 54 valence electrons. The molecule has 0 spiro atoms. The van der Waals surface area contributed by atoms with Crippen molar-refractivity contribution in [2.75, 3.05) is 20.1 Å². The Hall–Kier alpha value is -0.150. The number of likely N-dealkylation sites (tertiary alicyclic amines) is 1. The maximum absolute atomic E-state index is 12.5. The van der Waals surface area contributed by atoms with Crippen molar-refractivity contribution in [1.29, 1.82) is 0 Å². The number of alkyl halides is 1. The van der Waals surface area contributed by atoms with Crippen LogP contribution in [-0.2, 0) is 0 Å². The summed E-state index contributed by atoms with van der Waals surface area (Å²) in [7, 11) is 1.91. The van der Waals surface area contributed by atoms with Gasteiger partial charge in [0, 0.05) is 19.1 Å². The van der Waals surface area contributed by atoms with Crippen molar-refractivity contribution < 1.29 is 4.39 Å². The minimum Gasteiger partial charge on any atom is -0.329 e. The Bertz CT molecular complexity index is 97.1. The van der Waals surface area contributed by atoms with Crippen molar-refractivity contribution in [2.45, 2.75) is 18.6 Å².